The van der Waals surface area contributed by atoms with Crippen molar-refractivity contribution >= 4 is 40.8 Å². The van der Waals surface area contributed by atoms with Gasteiger partial charge in [0.25, 0.3) is 5.91 Å². The summed E-state index contributed by atoms with van der Waals surface area (Å²) in [4.78, 5) is 19.7. The molecule has 6 nitrogen and oxygen atoms in total. The smallest absolute Gasteiger partial charge is 0.257 e. The molecule has 4 rings (SSSR count). The minimum absolute atomic E-state index is 0.0334. The summed E-state index contributed by atoms with van der Waals surface area (Å²) in [5, 5.41) is 3.22. The number of pyridine rings is 1. The highest BCUT2D eigenvalue weighted by Gasteiger charge is 2.16. The highest BCUT2D eigenvalue weighted by atomic mass is 35.5. The van der Waals surface area contributed by atoms with Crippen LogP contribution >= 0.6 is 23.5 Å². The molecule has 0 aliphatic rings. The zero-order chi connectivity index (χ0) is 24.9. The maximum Gasteiger partial charge on any atom is 0.257 e. The highest BCUT2D eigenvalue weighted by Crippen LogP contribution is 2.30. The van der Waals surface area contributed by atoms with Crippen LogP contribution in [-0.4, -0.2) is 22.1 Å². The first-order chi connectivity index (χ1) is 16.8. The van der Waals surface area contributed by atoms with E-state index in [9.17, 15) is 18.0 Å². The van der Waals surface area contributed by atoms with Gasteiger partial charge in [0.05, 0.1) is 17.5 Å². The Bertz CT molecular complexity index is 1360. The van der Waals surface area contributed by atoms with Gasteiger partial charge in [-0.3, -0.25) is 4.79 Å². The Morgan fingerprint density at radius 1 is 1.03 bits per heavy atom. The molecule has 4 aromatic rings. The number of aromatic nitrogens is 2. The molecule has 0 radical (unpaired) electrons. The number of hydrogen-bond acceptors (Lipinski definition) is 5. The molecule has 0 atom stereocenters. The normalized spacial score (nSPS) is 10.8. The van der Waals surface area contributed by atoms with Crippen LogP contribution in [-0.2, 0) is 6.61 Å². The fraction of sp³-hybridized carbons (Fsp3) is 0.0833. The first kappa shape index (κ1) is 24.5. The van der Waals surface area contributed by atoms with Crippen molar-refractivity contribution in [1.29, 1.82) is 0 Å². The Kier molecular flexibility index (Phi) is 7.52. The van der Waals surface area contributed by atoms with Crippen molar-refractivity contribution in [1.82, 2.24) is 9.97 Å². The number of rotatable bonds is 8. The van der Waals surface area contributed by atoms with Crippen LogP contribution in [0.3, 0.4) is 0 Å². The molecular formula is C24H18ClF3N4O2S. The summed E-state index contributed by atoms with van der Waals surface area (Å²) in [5.74, 6) is -2.54. The van der Waals surface area contributed by atoms with Crippen LogP contribution in [0.1, 0.15) is 15.9 Å². The zero-order valence-electron chi connectivity index (χ0n) is 18.2. The van der Waals surface area contributed by atoms with Crippen LogP contribution in [0.2, 0.25) is 5.02 Å². The quantitative estimate of drug-likeness (QED) is 0.227. The van der Waals surface area contributed by atoms with Crippen molar-refractivity contribution in [3.8, 4) is 17.1 Å². The van der Waals surface area contributed by atoms with Gasteiger partial charge in [0, 0.05) is 41.0 Å². The molecule has 0 saturated heterocycles. The number of anilines is 2. The average molecular weight is 519 g/mol. The monoisotopic (exact) mass is 518 g/mol. The molecule has 0 aliphatic carbocycles. The molecule has 0 unspecified atom stereocenters. The van der Waals surface area contributed by atoms with E-state index in [1.807, 2.05) is 6.26 Å². The van der Waals surface area contributed by atoms with E-state index in [1.165, 1.54) is 24.2 Å². The summed E-state index contributed by atoms with van der Waals surface area (Å²) in [6.45, 7) is -0.220. The van der Waals surface area contributed by atoms with Crippen LogP contribution in [0.25, 0.3) is 11.4 Å². The Balaban J connectivity index is 1.53. The predicted octanol–water partition coefficient (Wildman–Crippen LogP) is 6.67. The van der Waals surface area contributed by atoms with E-state index >= 15 is 0 Å². The highest BCUT2D eigenvalue weighted by molar-refractivity contribution is 7.99. The van der Waals surface area contributed by atoms with Gasteiger partial charge in [-0.2, -0.15) is 0 Å². The van der Waals surface area contributed by atoms with E-state index < -0.39 is 23.4 Å². The number of halogens is 4. The summed E-state index contributed by atoms with van der Waals surface area (Å²) in [5.41, 5.74) is 2.33. The molecule has 2 aromatic carbocycles. The first-order valence-corrected chi connectivity index (χ1v) is 11.7. The summed E-state index contributed by atoms with van der Waals surface area (Å²) < 4.78 is 49.4. The second kappa shape index (κ2) is 10.7. The van der Waals surface area contributed by atoms with Gasteiger partial charge in [-0.05, 0) is 42.0 Å². The number of carbonyl (C=O) groups excluding carboxylic acids is 1. The average Bonchev–Trinajstić information content (AvgIpc) is 3.27. The van der Waals surface area contributed by atoms with E-state index in [0.29, 0.717) is 16.4 Å². The maximum atomic E-state index is 13.9. The third-order valence-corrected chi connectivity index (χ3v) is 5.37. The Morgan fingerprint density at radius 2 is 1.77 bits per heavy atom. The minimum atomic E-state index is -0.753. The van der Waals surface area contributed by atoms with Crippen molar-refractivity contribution in [2.45, 2.75) is 6.61 Å². The molecule has 1 amide bonds. The number of amides is 1. The van der Waals surface area contributed by atoms with Crippen LogP contribution in [0.15, 0.2) is 60.9 Å². The van der Waals surface area contributed by atoms with Crippen molar-refractivity contribution in [2.75, 3.05) is 16.3 Å². The number of nitrogens with zero attached hydrogens (tertiary/aromatic N) is 1. The van der Waals surface area contributed by atoms with Gasteiger partial charge < -0.3 is 19.8 Å². The standard InChI is InChI=1S/C24H18ClF3N4O2S/c1-35-32-20-6-15(25)5-19(9-20)31-24(33)14-4-21(29-10-14)23-22(8-18(28)11-30-23)34-12-13-2-16(26)7-17(27)3-13/h2-11,29,32H,12H2,1H3,(H,31,33). The molecule has 2 aromatic heterocycles. The first-order valence-electron chi connectivity index (χ1n) is 10.1. The fourth-order valence-corrected chi connectivity index (χ4v) is 3.88. The SMILES string of the molecule is CSNc1cc(Cl)cc(NC(=O)c2c[nH]c(-c3ncc(F)cc3OCc3cc(F)cc(F)c3)c2)c1. The lowest BCUT2D eigenvalue weighted by molar-refractivity contribution is 0.102. The number of H-pyrrole nitrogens is 1. The summed E-state index contributed by atoms with van der Waals surface area (Å²) in [6.07, 6.45) is 4.32. The van der Waals surface area contributed by atoms with E-state index in [4.69, 9.17) is 16.3 Å². The summed E-state index contributed by atoms with van der Waals surface area (Å²) in [7, 11) is 0. The predicted molar refractivity (Wildman–Crippen MR) is 131 cm³/mol. The summed E-state index contributed by atoms with van der Waals surface area (Å²) in [6, 6.07) is 10.7. The van der Waals surface area contributed by atoms with Gasteiger partial charge in [0.1, 0.15) is 29.8 Å². The number of nitrogens with one attached hydrogen (secondary N) is 3. The lowest BCUT2D eigenvalue weighted by Gasteiger charge is -2.10. The number of ether oxygens (including phenoxy) is 1. The minimum Gasteiger partial charge on any atom is -0.486 e. The molecule has 3 N–H and O–H groups in total. The molecular weight excluding hydrogens is 501 g/mol. The Hall–Kier alpha value is -3.63. The number of carbonyl (C=O) groups is 1. The fourth-order valence-electron chi connectivity index (χ4n) is 3.29. The molecule has 11 heteroatoms. The van der Waals surface area contributed by atoms with E-state index in [-0.39, 0.29) is 29.2 Å². The number of hydrogen-bond donors (Lipinski definition) is 3. The van der Waals surface area contributed by atoms with Crippen molar-refractivity contribution in [3.63, 3.8) is 0 Å². The van der Waals surface area contributed by atoms with Crippen molar-refractivity contribution < 1.29 is 22.7 Å². The molecule has 180 valence electrons. The van der Waals surface area contributed by atoms with Crippen LogP contribution < -0.4 is 14.8 Å². The topological polar surface area (TPSA) is 79.0 Å². The van der Waals surface area contributed by atoms with Crippen molar-refractivity contribution in [2.24, 2.45) is 0 Å². The van der Waals surface area contributed by atoms with E-state index in [1.54, 1.807) is 18.2 Å². The second-order valence-corrected chi connectivity index (χ2v) is 8.41. The van der Waals surface area contributed by atoms with Gasteiger partial charge in [-0.1, -0.05) is 23.5 Å². The van der Waals surface area contributed by atoms with E-state index in [0.717, 1.165) is 36.1 Å². The van der Waals surface area contributed by atoms with Crippen molar-refractivity contribution in [3.05, 3.63) is 94.5 Å². The van der Waals surface area contributed by atoms with E-state index in [2.05, 4.69) is 20.0 Å². The maximum absolute atomic E-state index is 13.9. The van der Waals surface area contributed by atoms with Crippen LogP contribution in [0.4, 0.5) is 24.5 Å². The molecule has 0 saturated carbocycles. The van der Waals surface area contributed by atoms with Gasteiger partial charge in [0.2, 0.25) is 0 Å². The zero-order valence-corrected chi connectivity index (χ0v) is 19.7. The Labute approximate surface area is 208 Å². The van der Waals surface area contributed by atoms with Crippen LogP contribution in [0.5, 0.6) is 5.75 Å². The molecule has 0 aliphatic heterocycles. The lowest BCUT2D eigenvalue weighted by Crippen LogP contribution is -2.11. The molecule has 35 heavy (non-hydrogen) atoms. The second-order valence-electron chi connectivity index (χ2n) is 7.36. The molecule has 2 heterocycles. The van der Waals surface area contributed by atoms with Gasteiger partial charge in [-0.15, -0.1) is 0 Å². The molecule has 0 fully saturated rings. The third kappa shape index (κ3) is 6.28. The van der Waals surface area contributed by atoms with Gasteiger partial charge in [0.15, 0.2) is 5.75 Å². The molecule has 0 bridgehead atoms. The largest absolute Gasteiger partial charge is 0.486 e. The molecule has 0 spiro atoms. The van der Waals surface area contributed by atoms with Gasteiger partial charge in [-0.25, -0.2) is 18.2 Å². The third-order valence-electron chi connectivity index (χ3n) is 4.71. The van der Waals surface area contributed by atoms with Crippen LogP contribution in [0, 0.1) is 17.5 Å². The number of aromatic amines is 1. The lowest BCUT2D eigenvalue weighted by atomic mass is 10.2. The van der Waals surface area contributed by atoms with Gasteiger partial charge >= 0.3 is 0 Å². The number of benzene rings is 2. The summed E-state index contributed by atoms with van der Waals surface area (Å²) >= 11 is 7.51. The Morgan fingerprint density at radius 3 is 2.51 bits per heavy atom.